The zero-order valence-corrected chi connectivity index (χ0v) is 35.3. The maximum Gasteiger partial charge on any atom is 0.218 e. The standard InChI is InChI=1S/C57H51N3O/c1-4-56-28-27-38-19-8-9-21-40(38)47-23-12-14-29-58(47)36(3)35-57(56,5-2)59-30-15-13-24-48(59)44-32-42-43-33-45-52-39(31-37-17-6-7-18-37)20-16-26-51(52)61-55(45)53-41-22-10-11-25-49(41)60(54(43)53)50(42)34-46(44)56/h8-16,19-26,29-30,32-34,37H,3-7,17-18,27-28,31,35H2,1-2H3/q+2. The fraction of sp³-hybridized carbons (Fsp3) is 0.263. The lowest BCUT2D eigenvalue weighted by Crippen LogP contribution is -2.70. The van der Waals surface area contributed by atoms with Crippen LogP contribution in [0, 0.1) is 5.92 Å². The summed E-state index contributed by atoms with van der Waals surface area (Å²) >= 11 is 0. The molecular formula is C57H51N3O+2. The summed E-state index contributed by atoms with van der Waals surface area (Å²) in [6.07, 6.45) is 15.9. The average molecular weight is 794 g/mol. The van der Waals surface area contributed by atoms with Crippen molar-refractivity contribution in [3.8, 4) is 22.5 Å². The van der Waals surface area contributed by atoms with Gasteiger partial charge in [0.15, 0.2) is 23.6 Å². The number of allylic oxidation sites excluding steroid dienone is 1. The van der Waals surface area contributed by atoms with Gasteiger partial charge < -0.3 is 8.82 Å². The third-order valence-electron chi connectivity index (χ3n) is 16.1. The summed E-state index contributed by atoms with van der Waals surface area (Å²) in [5.74, 6) is 0.753. The number of aromatic nitrogens is 3. The molecule has 0 bridgehead atoms. The van der Waals surface area contributed by atoms with Crippen LogP contribution in [0.25, 0.3) is 88.2 Å². The maximum atomic E-state index is 7.04. The first-order valence-corrected chi connectivity index (χ1v) is 22.9. The molecular weight excluding hydrogens is 743 g/mol. The van der Waals surface area contributed by atoms with Crippen LogP contribution in [-0.2, 0) is 23.8 Å². The third kappa shape index (κ3) is 4.61. The topological polar surface area (TPSA) is 25.3 Å². The molecule has 13 rings (SSSR count). The highest BCUT2D eigenvalue weighted by Gasteiger charge is 2.63. The smallest absolute Gasteiger partial charge is 0.218 e. The van der Waals surface area contributed by atoms with Crippen LogP contribution in [0.15, 0.2) is 145 Å². The van der Waals surface area contributed by atoms with Crippen LogP contribution in [0.5, 0.6) is 0 Å². The highest BCUT2D eigenvalue weighted by Crippen LogP contribution is 2.57. The fourth-order valence-corrected chi connectivity index (χ4v) is 13.4. The molecule has 0 spiro atoms. The third-order valence-corrected chi connectivity index (χ3v) is 16.1. The number of aryl methyl sites for hydroxylation is 1. The number of hydrogen-bond donors (Lipinski definition) is 0. The van der Waals surface area contributed by atoms with E-state index in [2.05, 4.69) is 161 Å². The molecule has 1 fully saturated rings. The quantitative estimate of drug-likeness (QED) is 0.163. The van der Waals surface area contributed by atoms with Gasteiger partial charge in [0.1, 0.15) is 11.2 Å². The molecule has 5 aromatic heterocycles. The number of fused-ring (bicyclic) bond motifs is 19. The number of benzene rings is 5. The highest BCUT2D eigenvalue weighted by atomic mass is 16.3. The second kappa shape index (κ2) is 12.9. The molecule has 1 saturated carbocycles. The van der Waals surface area contributed by atoms with E-state index in [0.717, 1.165) is 61.3 Å². The van der Waals surface area contributed by atoms with Crippen LogP contribution >= 0.6 is 0 Å². The van der Waals surface area contributed by atoms with Crippen LogP contribution in [0.3, 0.4) is 0 Å². The van der Waals surface area contributed by atoms with Crippen molar-refractivity contribution in [2.24, 2.45) is 5.92 Å². The van der Waals surface area contributed by atoms with E-state index >= 15 is 0 Å². The first kappa shape index (κ1) is 35.5. The largest absolute Gasteiger partial charge is 0.455 e. The number of pyridine rings is 2. The molecule has 4 nitrogen and oxygen atoms in total. The minimum atomic E-state index is -0.267. The summed E-state index contributed by atoms with van der Waals surface area (Å²) in [6.45, 7) is 9.82. The SMILES string of the molecule is C=C1CC2(CC)[n+]3ccccc3-c3cc4c5cc6c(oc7cccc(CC8CCCC8)c76)c6c7ccccc7n(c4cc3C2(CC)CCc2ccccc2-c2cccc[n+]21)c56. The zero-order valence-electron chi connectivity index (χ0n) is 35.3. The highest BCUT2D eigenvalue weighted by molar-refractivity contribution is 6.33. The molecule has 298 valence electrons. The number of hydrogen-bond acceptors (Lipinski definition) is 1. The Hall–Kier alpha value is -6.26. The molecule has 5 aromatic carbocycles. The Morgan fingerprint density at radius 1 is 0.705 bits per heavy atom. The second-order valence-electron chi connectivity index (χ2n) is 18.7. The van der Waals surface area contributed by atoms with Crippen molar-refractivity contribution in [1.82, 2.24) is 4.40 Å². The summed E-state index contributed by atoms with van der Waals surface area (Å²) < 4.78 is 14.7. The number of rotatable bonds is 4. The van der Waals surface area contributed by atoms with Crippen LogP contribution < -0.4 is 9.13 Å². The van der Waals surface area contributed by atoms with Gasteiger partial charge in [-0.2, -0.15) is 9.13 Å². The molecule has 1 aliphatic carbocycles. The maximum absolute atomic E-state index is 7.04. The molecule has 4 heteroatoms. The van der Waals surface area contributed by atoms with Crippen molar-refractivity contribution in [2.45, 2.75) is 89.0 Å². The van der Waals surface area contributed by atoms with E-state index in [0.29, 0.717) is 0 Å². The van der Waals surface area contributed by atoms with Crippen molar-refractivity contribution in [1.29, 1.82) is 0 Å². The van der Waals surface area contributed by atoms with Crippen molar-refractivity contribution in [3.63, 3.8) is 0 Å². The van der Waals surface area contributed by atoms with E-state index < -0.39 is 0 Å². The molecule has 10 aromatic rings. The molecule has 0 amide bonds. The van der Waals surface area contributed by atoms with E-state index in [9.17, 15) is 0 Å². The Bertz CT molecular complexity index is 3450. The lowest BCUT2D eigenvalue weighted by molar-refractivity contribution is -0.771. The Balaban J connectivity index is 1.14. The van der Waals surface area contributed by atoms with Crippen molar-refractivity contribution < 1.29 is 13.6 Å². The van der Waals surface area contributed by atoms with E-state index in [1.807, 2.05) is 0 Å². The summed E-state index contributed by atoms with van der Waals surface area (Å²) in [4.78, 5) is 0. The van der Waals surface area contributed by atoms with Crippen LogP contribution in [0.4, 0.5) is 0 Å². The molecule has 3 aliphatic rings. The summed E-state index contributed by atoms with van der Waals surface area (Å²) in [5.41, 5.74) is 16.0. The van der Waals surface area contributed by atoms with Crippen molar-refractivity contribution >= 4 is 65.7 Å². The predicted octanol–water partition coefficient (Wildman–Crippen LogP) is 13.7. The van der Waals surface area contributed by atoms with Crippen LogP contribution in [-0.4, -0.2) is 4.40 Å². The molecule has 0 saturated heterocycles. The molecule has 61 heavy (non-hydrogen) atoms. The minimum Gasteiger partial charge on any atom is -0.455 e. The van der Waals surface area contributed by atoms with Gasteiger partial charge in [0.05, 0.1) is 39.3 Å². The van der Waals surface area contributed by atoms with Crippen molar-refractivity contribution in [2.75, 3.05) is 0 Å². The molecule has 7 heterocycles. The lowest BCUT2D eigenvalue weighted by atomic mass is 9.55. The monoisotopic (exact) mass is 793 g/mol. The van der Waals surface area contributed by atoms with Gasteiger partial charge in [0.25, 0.3) is 0 Å². The first-order valence-electron chi connectivity index (χ1n) is 22.9. The van der Waals surface area contributed by atoms with Crippen molar-refractivity contribution in [3.05, 3.63) is 157 Å². The Morgan fingerprint density at radius 2 is 1.51 bits per heavy atom. The Morgan fingerprint density at radius 3 is 2.38 bits per heavy atom. The zero-order chi connectivity index (χ0) is 40.6. The Labute approximate surface area is 356 Å². The van der Waals surface area contributed by atoms with Crippen LogP contribution in [0.1, 0.15) is 81.9 Å². The molecule has 2 unspecified atom stereocenters. The van der Waals surface area contributed by atoms with Gasteiger partial charge in [-0.1, -0.05) is 88.1 Å². The molecule has 0 N–H and O–H groups in total. The summed E-state index contributed by atoms with van der Waals surface area (Å²) in [7, 11) is 0. The first-order chi connectivity index (χ1) is 30.0. The second-order valence-corrected chi connectivity index (χ2v) is 18.7. The lowest BCUT2D eigenvalue weighted by Gasteiger charge is -2.50. The molecule has 0 radical (unpaired) electrons. The van der Waals surface area contributed by atoms with Gasteiger partial charge >= 0.3 is 0 Å². The van der Waals surface area contributed by atoms with Gasteiger partial charge in [-0.25, -0.2) is 0 Å². The van der Waals surface area contributed by atoms with E-state index in [4.69, 9.17) is 11.0 Å². The molecule has 2 aliphatic heterocycles. The van der Waals surface area contributed by atoms with Gasteiger partial charge in [-0.3, -0.25) is 0 Å². The summed E-state index contributed by atoms with van der Waals surface area (Å²) in [5, 5.41) is 7.71. The number of para-hydroxylation sites is 1. The average Bonchev–Trinajstić information content (AvgIpc) is 4.10. The van der Waals surface area contributed by atoms with Gasteiger partial charge in [0.2, 0.25) is 11.4 Å². The molecule has 2 atom stereocenters. The van der Waals surface area contributed by atoms with E-state index in [1.54, 1.807) is 0 Å². The van der Waals surface area contributed by atoms with E-state index in [1.165, 1.54) is 114 Å². The van der Waals surface area contributed by atoms with Crippen LogP contribution in [0.2, 0.25) is 0 Å². The number of furan rings is 1. The Kier molecular flexibility index (Phi) is 7.49. The van der Waals surface area contributed by atoms with Gasteiger partial charge in [0, 0.05) is 63.2 Å². The van der Waals surface area contributed by atoms with Gasteiger partial charge in [-0.05, 0) is 103 Å². The predicted molar refractivity (Wildman–Crippen MR) is 250 cm³/mol. The minimum absolute atomic E-state index is 0.205. The number of nitrogens with zero attached hydrogens (tertiary/aromatic N) is 3. The summed E-state index contributed by atoms with van der Waals surface area (Å²) in [6, 6.07) is 46.1. The normalized spacial score (nSPS) is 20.5. The fourth-order valence-electron chi connectivity index (χ4n) is 13.4. The van der Waals surface area contributed by atoms with Gasteiger partial charge in [-0.15, -0.1) is 0 Å². The van der Waals surface area contributed by atoms with E-state index in [-0.39, 0.29) is 11.0 Å².